The number of anilines is 2. The number of carbonyl (C=O) groups is 1. The Balaban J connectivity index is 2.38. The Labute approximate surface area is 122 Å². The average Bonchev–Trinajstić information content (AvgIpc) is 2.38. The second kappa shape index (κ2) is 7.90. The average molecular weight is 277 g/mol. The number of rotatable bonds is 7. The second-order valence-electron chi connectivity index (χ2n) is 5.84. The largest absolute Gasteiger partial charge is 0.397 e. The molecular weight excluding hydrogens is 250 g/mol. The third kappa shape index (κ3) is 5.61. The van der Waals surface area contributed by atoms with Gasteiger partial charge in [-0.3, -0.25) is 4.79 Å². The van der Waals surface area contributed by atoms with Crippen LogP contribution in [0.3, 0.4) is 0 Å². The number of benzene rings is 1. The van der Waals surface area contributed by atoms with Gasteiger partial charge in [0.25, 0.3) is 0 Å². The van der Waals surface area contributed by atoms with Gasteiger partial charge in [0, 0.05) is 19.0 Å². The number of nitrogens with one attached hydrogen (secondary N) is 1. The fraction of sp³-hybridized carbons (Fsp3) is 0.562. The molecule has 1 aromatic carbocycles. The summed E-state index contributed by atoms with van der Waals surface area (Å²) in [5.74, 6) is 0.678. The van der Waals surface area contributed by atoms with E-state index in [0.717, 1.165) is 13.0 Å². The van der Waals surface area contributed by atoms with Gasteiger partial charge in [0.05, 0.1) is 11.4 Å². The van der Waals surface area contributed by atoms with E-state index in [1.807, 2.05) is 18.2 Å². The Bertz CT molecular complexity index is 431. The molecule has 1 atom stereocenters. The predicted octanol–water partition coefficient (Wildman–Crippen LogP) is 2.96. The van der Waals surface area contributed by atoms with E-state index in [1.165, 1.54) is 0 Å². The molecule has 4 nitrogen and oxygen atoms in total. The highest BCUT2D eigenvalue weighted by Gasteiger charge is 2.12. The van der Waals surface area contributed by atoms with Gasteiger partial charge in [-0.15, -0.1) is 0 Å². The molecule has 1 amide bonds. The molecule has 0 saturated carbocycles. The zero-order valence-corrected chi connectivity index (χ0v) is 13.0. The highest BCUT2D eigenvalue weighted by atomic mass is 16.1. The molecule has 1 rings (SSSR count). The Kier molecular flexibility index (Phi) is 6.52. The summed E-state index contributed by atoms with van der Waals surface area (Å²) in [6.07, 6.45) is 1.62. The summed E-state index contributed by atoms with van der Waals surface area (Å²) in [4.78, 5) is 14.2. The molecule has 0 radical (unpaired) electrons. The second-order valence-corrected chi connectivity index (χ2v) is 5.84. The van der Waals surface area contributed by atoms with Crippen molar-refractivity contribution in [3.8, 4) is 0 Å². The Morgan fingerprint density at radius 1 is 1.30 bits per heavy atom. The first kappa shape index (κ1) is 16.5. The van der Waals surface area contributed by atoms with E-state index in [2.05, 4.69) is 38.0 Å². The van der Waals surface area contributed by atoms with Crippen LogP contribution >= 0.6 is 0 Å². The molecule has 0 heterocycles. The molecular formula is C16H27N3O. The van der Waals surface area contributed by atoms with E-state index in [0.29, 0.717) is 29.8 Å². The lowest BCUT2D eigenvalue weighted by Crippen LogP contribution is -2.33. The third-order valence-electron chi connectivity index (χ3n) is 3.49. The van der Waals surface area contributed by atoms with E-state index in [-0.39, 0.29) is 5.91 Å². The smallest absolute Gasteiger partial charge is 0.225 e. The first-order valence-corrected chi connectivity index (χ1v) is 7.24. The van der Waals surface area contributed by atoms with Gasteiger partial charge in [0.15, 0.2) is 0 Å². The molecule has 0 spiro atoms. The van der Waals surface area contributed by atoms with E-state index in [1.54, 1.807) is 6.07 Å². The van der Waals surface area contributed by atoms with Crippen molar-refractivity contribution in [2.75, 3.05) is 24.6 Å². The molecule has 4 heteroatoms. The quantitative estimate of drug-likeness (QED) is 0.753. The number of nitrogen functional groups attached to an aromatic ring is 1. The van der Waals surface area contributed by atoms with Crippen LogP contribution in [-0.4, -0.2) is 30.4 Å². The van der Waals surface area contributed by atoms with E-state index in [9.17, 15) is 4.79 Å². The summed E-state index contributed by atoms with van der Waals surface area (Å²) >= 11 is 0. The number of nitrogens with zero attached hydrogens (tertiary/aromatic N) is 1. The van der Waals surface area contributed by atoms with Crippen molar-refractivity contribution in [1.29, 1.82) is 0 Å². The number of hydrogen-bond acceptors (Lipinski definition) is 3. The summed E-state index contributed by atoms with van der Waals surface area (Å²) in [6.45, 7) is 7.39. The summed E-state index contributed by atoms with van der Waals surface area (Å²) in [5, 5.41) is 2.85. The number of para-hydroxylation sites is 2. The Morgan fingerprint density at radius 3 is 2.55 bits per heavy atom. The molecule has 0 fully saturated rings. The van der Waals surface area contributed by atoms with Crippen LogP contribution < -0.4 is 11.1 Å². The SMILES string of the molecule is CC(C)CC(C)N(C)CCC(=O)Nc1ccccc1N. The molecule has 0 bridgehead atoms. The monoisotopic (exact) mass is 277 g/mol. The van der Waals surface area contributed by atoms with Crippen LogP contribution in [0.4, 0.5) is 11.4 Å². The molecule has 3 N–H and O–H groups in total. The van der Waals surface area contributed by atoms with Crippen LogP contribution in [0.1, 0.15) is 33.6 Å². The van der Waals surface area contributed by atoms with Crippen LogP contribution in [-0.2, 0) is 4.79 Å². The minimum absolute atomic E-state index is 0.00602. The Morgan fingerprint density at radius 2 is 1.95 bits per heavy atom. The van der Waals surface area contributed by atoms with Crippen molar-refractivity contribution in [2.24, 2.45) is 5.92 Å². The van der Waals surface area contributed by atoms with Crippen molar-refractivity contribution in [1.82, 2.24) is 4.90 Å². The van der Waals surface area contributed by atoms with E-state index in [4.69, 9.17) is 5.73 Å². The fourth-order valence-electron chi connectivity index (χ4n) is 2.18. The number of carbonyl (C=O) groups excluding carboxylic acids is 1. The lowest BCUT2D eigenvalue weighted by Gasteiger charge is -2.25. The summed E-state index contributed by atoms with van der Waals surface area (Å²) in [6, 6.07) is 7.81. The number of amides is 1. The number of hydrogen-bond donors (Lipinski definition) is 2. The van der Waals surface area contributed by atoms with Crippen molar-refractivity contribution in [2.45, 2.75) is 39.7 Å². The van der Waals surface area contributed by atoms with Gasteiger partial charge >= 0.3 is 0 Å². The van der Waals surface area contributed by atoms with Gasteiger partial charge in [0.2, 0.25) is 5.91 Å². The van der Waals surface area contributed by atoms with E-state index >= 15 is 0 Å². The van der Waals surface area contributed by atoms with Crippen molar-refractivity contribution in [3.63, 3.8) is 0 Å². The van der Waals surface area contributed by atoms with Crippen molar-refractivity contribution >= 4 is 17.3 Å². The van der Waals surface area contributed by atoms with Crippen LogP contribution in [0, 0.1) is 5.92 Å². The van der Waals surface area contributed by atoms with Gasteiger partial charge in [0.1, 0.15) is 0 Å². The van der Waals surface area contributed by atoms with Crippen molar-refractivity contribution < 1.29 is 4.79 Å². The minimum atomic E-state index is 0.00602. The fourth-order valence-corrected chi connectivity index (χ4v) is 2.18. The van der Waals surface area contributed by atoms with Gasteiger partial charge in [-0.25, -0.2) is 0 Å². The topological polar surface area (TPSA) is 58.4 Å². The summed E-state index contributed by atoms with van der Waals surface area (Å²) in [7, 11) is 2.07. The van der Waals surface area contributed by atoms with Crippen LogP contribution in [0.15, 0.2) is 24.3 Å². The molecule has 1 aromatic rings. The predicted molar refractivity (Wildman–Crippen MR) is 85.6 cm³/mol. The van der Waals surface area contributed by atoms with Crippen molar-refractivity contribution in [3.05, 3.63) is 24.3 Å². The molecule has 0 aliphatic heterocycles. The first-order valence-electron chi connectivity index (χ1n) is 7.24. The van der Waals surface area contributed by atoms with Gasteiger partial charge in [-0.1, -0.05) is 26.0 Å². The molecule has 0 aliphatic rings. The number of nitrogens with two attached hydrogens (primary N) is 1. The molecule has 0 saturated heterocycles. The lowest BCUT2D eigenvalue weighted by atomic mass is 10.0. The summed E-state index contributed by atoms with van der Waals surface area (Å²) in [5.41, 5.74) is 7.09. The molecule has 20 heavy (non-hydrogen) atoms. The maximum Gasteiger partial charge on any atom is 0.225 e. The van der Waals surface area contributed by atoms with Crippen LogP contribution in [0.5, 0.6) is 0 Å². The van der Waals surface area contributed by atoms with Gasteiger partial charge < -0.3 is 16.0 Å². The normalized spacial score (nSPS) is 12.7. The molecule has 112 valence electrons. The Hall–Kier alpha value is -1.55. The molecule has 1 unspecified atom stereocenters. The molecule has 0 aliphatic carbocycles. The first-order chi connectivity index (χ1) is 9.40. The van der Waals surface area contributed by atoms with E-state index < -0.39 is 0 Å². The highest BCUT2D eigenvalue weighted by Crippen LogP contribution is 2.17. The standard InChI is InChI=1S/C16H27N3O/c1-12(2)11-13(3)19(4)10-9-16(20)18-15-8-6-5-7-14(15)17/h5-8,12-13H,9-11,17H2,1-4H3,(H,18,20). The summed E-state index contributed by atoms with van der Waals surface area (Å²) < 4.78 is 0. The maximum absolute atomic E-state index is 11.9. The maximum atomic E-state index is 11.9. The minimum Gasteiger partial charge on any atom is -0.397 e. The van der Waals surface area contributed by atoms with Crippen LogP contribution in [0.25, 0.3) is 0 Å². The zero-order valence-electron chi connectivity index (χ0n) is 13.0. The zero-order chi connectivity index (χ0) is 15.1. The highest BCUT2D eigenvalue weighted by molar-refractivity contribution is 5.93. The van der Waals surface area contributed by atoms with Crippen LogP contribution in [0.2, 0.25) is 0 Å². The third-order valence-corrected chi connectivity index (χ3v) is 3.49. The molecule has 0 aromatic heterocycles. The van der Waals surface area contributed by atoms with Gasteiger partial charge in [-0.2, -0.15) is 0 Å². The van der Waals surface area contributed by atoms with Gasteiger partial charge in [-0.05, 0) is 38.4 Å². The lowest BCUT2D eigenvalue weighted by molar-refractivity contribution is -0.116.